The topological polar surface area (TPSA) is 114 Å². The Bertz CT molecular complexity index is 651. The van der Waals surface area contributed by atoms with Crippen molar-refractivity contribution in [1.82, 2.24) is 0 Å². The zero-order valence-corrected chi connectivity index (χ0v) is 11.8. The fraction of sp³-hybridized carbons (Fsp3) is 0.333. The van der Waals surface area contributed by atoms with Crippen LogP contribution < -0.4 is 5.32 Å². The molecule has 108 valence electrons. The second-order valence-electron chi connectivity index (χ2n) is 5.44. The van der Waals surface area contributed by atoms with Crippen molar-refractivity contribution in [2.75, 3.05) is 5.32 Å². The maximum atomic E-state index is 11.9. The third-order valence-corrected chi connectivity index (χ3v) is 2.81. The predicted molar refractivity (Wildman–Crippen MR) is 75.2 cm³/mol. The number of carbonyl (C=O) groups excluding carboxylic acids is 1. The standard InChI is InChI=1S/C15H15N3O3/c1-15(2,7-14(20)21)6-13(19)18-12-4-3-10(8-16)11(5-12)9-17/h3-5H,6-7H2,1-2H3,(H,18,19)(H,20,21). The van der Waals surface area contributed by atoms with Crippen molar-refractivity contribution in [3.63, 3.8) is 0 Å². The SMILES string of the molecule is CC(C)(CC(=O)O)CC(=O)Nc1ccc(C#N)c(C#N)c1. The average molecular weight is 285 g/mol. The lowest BCUT2D eigenvalue weighted by molar-refractivity contribution is -0.139. The van der Waals surface area contributed by atoms with Crippen LogP contribution >= 0.6 is 0 Å². The number of anilines is 1. The number of nitriles is 2. The van der Waals surface area contributed by atoms with Crippen LogP contribution in [0.3, 0.4) is 0 Å². The van der Waals surface area contributed by atoms with Crippen LogP contribution in [0.15, 0.2) is 18.2 Å². The first kappa shape index (κ1) is 16.2. The smallest absolute Gasteiger partial charge is 0.303 e. The fourth-order valence-electron chi connectivity index (χ4n) is 1.92. The lowest BCUT2D eigenvalue weighted by atomic mass is 9.85. The Morgan fingerprint density at radius 1 is 1.19 bits per heavy atom. The van der Waals surface area contributed by atoms with Crippen LogP contribution in [-0.4, -0.2) is 17.0 Å². The molecule has 21 heavy (non-hydrogen) atoms. The zero-order chi connectivity index (χ0) is 16.0. The summed E-state index contributed by atoms with van der Waals surface area (Å²) in [7, 11) is 0. The molecule has 0 heterocycles. The summed E-state index contributed by atoms with van der Waals surface area (Å²) < 4.78 is 0. The molecule has 0 aliphatic heterocycles. The fourth-order valence-corrected chi connectivity index (χ4v) is 1.92. The van der Waals surface area contributed by atoms with Crippen molar-refractivity contribution in [3.8, 4) is 12.1 Å². The van der Waals surface area contributed by atoms with Crippen molar-refractivity contribution >= 4 is 17.6 Å². The van der Waals surface area contributed by atoms with E-state index in [9.17, 15) is 9.59 Å². The molecule has 0 bridgehead atoms. The van der Waals surface area contributed by atoms with Crippen molar-refractivity contribution < 1.29 is 14.7 Å². The van der Waals surface area contributed by atoms with E-state index in [-0.39, 0.29) is 29.9 Å². The minimum Gasteiger partial charge on any atom is -0.481 e. The van der Waals surface area contributed by atoms with Gasteiger partial charge in [-0.15, -0.1) is 0 Å². The van der Waals surface area contributed by atoms with Crippen LogP contribution in [0.5, 0.6) is 0 Å². The highest BCUT2D eigenvalue weighted by Gasteiger charge is 2.25. The lowest BCUT2D eigenvalue weighted by Gasteiger charge is -2.21. The van der Waals surface area contributed by atoms with Crippen LogP contribution in [0, 0.1) is 28.1 Å². The molecule has 1 aromatic rings. The molecule has 2 N–H and O–H groups in total. The molecule has 0 saturated heterocycles. The Kier molecular flexibility index (Phi) is 5.04. The van der Waals surface area contributed by atoms with Gasteiger partial charge in [-0.25, -0.2) is 0 Å². The Hall–Kier alpha value is -2.86. The molecule has 6 nitrogen and oxygen atoms in total. The number of carbonyl (C=O) groups is 2. The summed E-state index contributed by atoms with van der Waals surface area (Å²) in [5.41, 5.74) is 0.157. The molecule has 0 aliphatic rings. The van der Waals surface area contributed by atoms with Gasteiger partial charge in [-0.2, -0.15) is 10.5 Å². The van der Waals surface area contributed by atoms with Gasteiger partial charge in [0, 0.05) is 12.1 Å². The minimum atomic E-state index is -0.960. The summed E-state index contributed by atoms with van der Waals surface area (Å²) in [4.78, 5) is 22.6. The summed E-state index contributed by atoms with van der Waals surface area (Å²) in [5.74, 6) is -1.30. The number of carboxylic acid groups (broad SMARTS) is 1. The molecular formula is C15H15N3O3. The molecule has 0 unspecified atom stereocenters. The predicted octanol–water partition coefficient (Wildman–Crippen LogP) is 2.26. The Morgan fingerprint density at radius 2 is 1.81 bits per heavy atom. The van der Waals surface area contributed by atoms with Crippen LogP contribution in [0.1, 0.15) is 37.8 Å². The van der Waals surface area contributed by atoms with E-state index in [1.807, 2.05) is 12.1 Å². The number of nitrogens with zero attached hydrogens (tertiary/aromatic N) is 2. The first-order valence-electron chi connectivity index (χ1n) is 6.23. The van der Waals surface area contributed by atoms with Gasteiger partial charge in [-0.05, 0) is 23.6 Å². The number of hydrogen-bond donors (Lipinski definition) is 2. The number of benzene rings is 1. The van der Waals surface area contributed by atoms with Gasteiger partial charge in [-0.1, -0.05) is 13.8 Å². The van der Waals surface area contributed by atoms with Gasteiger partial charge in [0.15, 0.2) is 0 Å². The number of aliphatic carboxylic acids is 1. The Morgan fingerprint density at radius 3 is 2.33 bits per heavy atom. The van der Waals surface area contributed by atoms with E-state index in [0.717, 1.165) is 0 Å². The number of nitrogens with one attached hydrogen (secondary N) is 1. The van der Waals surface area contributed by atoms with Gasteiger partial charge >= 0.3 is 5.97 Å². The third-order valence-electron chi connectivity index (χ3n) is 2.81. The summed E-state index contributed by atoms with van der Waals surface area (Å²) >= 11 is 0. The summed E-state index contributed by atoms with van der Waals surface area (Å²) in [6.45, 7) is 3.39. The van der Waals surface area contributed by atoms with Gasteiger partial charge in [0.2, 0.25) is 5.91 Å². The average Bonchev–Trinajstić information content (AvgIpc) is 2.35. The Labute approximate surface area is 122 Å². The molecule has 0 fully saturated rings. The molecule has 6 heteroatoms. The molecular weight excluding hydrogens is 270 g/mol. The largest absolute Gasteiger partial charge is 0.481 e. The lowest BCUT2D eigenvalue weighted by Crippen LogP contribution is -2.24. The van der Waals surface area contributed by atoms with E-state index in [4.69, 9.17) is 15.6 Å². The van der Waals surface area contributed by atoms with Gasteiger partial charge < -0.3 is 10.4 Å². The number of amides is 1. The monoisotopic (exact) mass is 285 g/mol. The molecule has 0 spiro atoms. The zero-order valence-electron chi connectivity index (χ0n) is 11.8. The highest BCUT2D eigenvalue weighted by molar-refractivity contribution is 5.91. The maximum absolute atomic E-state index is 11.9. The molecule has 1 amide bonds. The first-order chi connectivity index (χ1) is 9.77. The second-order valence-corrected chi connectivity index (χ2v) is 5.44. The van der Waals surface area contributed by atoms with E-state index in [0.29, 0.717) is 5.69 Å². The number of carboxylic acids is 1. The number of hydrogen-bond acceptors (Lipinski definition) is 4. The molecule has 1 rings (SSSR count). The van der Waals surface area contributed by atoms with Crippen molar-refractivity contribution in [3.05, 3.63) is 29.3 Å². The minimum absolute atomic E-state index is 0.0428. The highest BCUT2D eigenvalue weighted by Crippen LogP contribution is 2.25. The molecule has 0 radical (unpaired) electrons. The van der Waals surface area contributed by atoms with Crippen LogP contribution in [0.25, 0.3) is 0 Å². The summed E-state index contributed by atoms with van der Waals surface area (Å²) in [6, 6.07) is 8.17. The first-order valence-corrected chi connectivity index (χ1v) is 6.23. The van der Waals surface area contributed by atoms with Gasteiger partial charge in [0.25, 0.3) is 0 Å². The van der Waals surface area contributed by atoms with E-state index in [1.165, 1.54) is 18.2 Å². The molecule has 0 aliphatic carbocycles. The summed E-state index contributed by atoms with van der Waals surface area (Å²) in [5, 5.41) is 29.1. The molecule has 0 atom stereocenters. The van der Waals surface area contributed by atoms with Crippen LogP contribution in [0.2, 0.25) is 0 Å². The molecule has 0 saturated carbocycles. The van der Waals surface area contributed by atoms with Gasteiger partial charge in [0.1, 0.15) is 12.1 Å². The third kappa shape index (κ3) is 4.96. The number of rotatable bonds is 5. The quantitative estimate of drug-likeness (QED) is 0.861. The van der Waals surface area contributed by atoms with Crippen molar-refractivity contribution in [2.24, 2.45) is 5.41 Å². The normalized spacial score (nSPS) is 10.3. The van der Waals surface area contributed by atoms with Crippen LogP contribution in [-0.2, 0) is 9.59 Å². The van der Waals surface area contributed by atoms with Gasteiger partial charge in [-0.3, -0.25) is 9.59 Å². The highest BCUT2D eigenvalue weighted by atomic mass is 16.4. The van der Waals surface area contributed by atoms with E-state index in [1.54, 1.807) is 13.8 Å². The maximum Gasteiger partial charge on any atom is 0.303 e. The van der Waals surface area contributed by atoms with E-state index in [2.05, 4.69) is 5.32 Å². The van der Waals surface area contributed by atoms with E-state index < -0.39 is 11.4 Å². The van der Waals surface area contributed by atoms with Crippen LogP contribution in [0.4, 0.5) is 5.69 Å². The Balaban J connectivity index is 2.79. The molecule has 1 aromatic carbocycles. The molecule has 0 aromatic heterocycles. The van der Waals surface area contributed by atoms with Crippen molar-refractivity contribution in [2.45, 2.75) is 26.7 Å². The second kappa shape index (κ2) is 6.53. The van der Waals surface area contributed by atoms with Crippen molar-refractivity contribution in [1.29, 1.82) is 10.5 Å². The summed E-state index contributed by atoms with van der Waals surface area (Å²) in [6.07, 6.45) is -0.0710. The van der Waals surface area contributed by atoms with Gasteiger partial charge in [0.05, 0.1) is 17.5 Å². The van der Waals surface area contributed by atoms with E-state index >= 15 is 0 Å².